The number of aryl methyl sites for hydroxylation is 1. The van der Waals surface area contributed by atoms with Gasteiger partial charge in [-0.15, -0.1) is 0 Å². The Bertz CT molecular complexity index is 1200. The number of para-hydroxylation sites is 1. The molecule has 2 N–H and O–H groups in total. The molecule has 0 unspecified atom stereocenters. The smallest absolute Gasteiger partial charge is 0.273 e. The van der Waals surface area contributed by atoms with E-state index in [2.05, 4.69) is 27.7 Å². The molecule has 1 fully saturated rings. The van der Waals surface area contributed by atoms with Crippen LogP contribution < -0.4 is 15.5 Å². The summed E-state index contributed by atoms with van der Waals surface area (Å²) in [4.78, 5) is 30.1. The summed E-state index contributed by atoms with van der Waals surface area (Å²) in [5, 5.41) is 18.8. The van der Waals surface area contributed by atoms with E-state index in [0.717, 1.165) is 48.1 Å². The number of rotatable bonds is 7. The molecule has 0 atom stereocenters. The van der Waals surface area contributed by atoms with E-state index in [0.29, 0.717) is 29.6 Å². The lowest BCUT2D eigenvalue weighted by molar-refractivity contribution is -0.385. The summed E-state index contributed by atoms with van der Waals surface area (Å²) >= 11 is 0. The van der Waals surface area contributed by atoms with Crippen LogP contribution in [0, 0.1) is 23.0 Å². The number of aromatic nitrogens is 1. The lowest BCUT2D eigenvalue weighted by Gasteiger charge is -2.30. The summed E-state index contributed by atoms with van der Waals surface area (Å²) in [6.45, 7) is 2.24. The lowest BCUT2D eigenvalue weighted by atomic mass is 9.86. The molecule has 0 spiro atoms. The third-order valence-corrected chi connectivity index (χ3v) is 6.59. The van der Waals surface area contributed by atoms with Crippen LogP contribution >= 0.6 is 0 Å². The van der Waals surface area contributed by atoms with Gasteiger partial charge in [-0.2, -0.15) is 0 Å². The quantitative estimate of drug-likeness (QED) is 0.383. The molecule has 178 valence electrons. The van der Waals surface area contributed by atoms with Crippen molar-refractivity contribution in [2.24, 2.45) is 5.92 Å². The molecule has 1 saturated carbocycles. The molecule has 34 heavy (non-hydrogen) atoms. The Morgan fingerprint density at radius 1 is 1.12 bits per heavy atom. The van der Waals surface area contributed by atoms with Crippen LogP contribution in [-0.4, -0.2) is 42.5 Å². The second kappa shape index (κ2) is 10.1. The van der Waals surface area contributed by atoms with Crippen molar-refractivity contribution < 1.29 is 9.72 Å². The molecule has 2 aromatic carbocycles. The van der Waals surface area contributed by atoms with Gasteiger partial charge in [0.2, 0.25) is 0 Å². The van der Waals surface area contributed by atoms with E-state index in [1.807, 2.05) is 32.3 Å². The highest BCUT2D eigenvalue weighted by Crippen LogP contribution is 2.30. The summed E-state index contributed by atoms with van der Waals surface area (Å²) < 4.78 is 0. The van der Waals surface area contributed by atoms with Gasteiger partial charge in [0.1, 0.15) is 5.82 Å². The molecule has 4 rings (SSSR count). The molecule has 1 heterocycles. The van der Waals surface area contributed by atoms with Gasteiger partial charge < -0.3 is 15.5 Å². The third-order valence-electron chi connectivity index (χ3n) is 6.59. The van der Waals surface area contributed by atoms with E-state index in [1.54, 1.807) is 19.1 Å². The van der Waals surface area contributed by atoms with Crippen LogP contribution in [0.5, 0.6) is 0 Å². The van der Waals surface area contributed by atoms with Crippen LogP contribution in [0.4, 0.5) is 17.2 Å². The molecule has 3 aromatic rings. The number of amides is 1. The van der Waals surface area contributed by atoms with Gasteiger partial charge in [-0.3, -0.25) is 14.9 Å². The first kappa shape index (κ1) is 23.5. The molecule has 8 heteroatoms. The minimum absolute atomic E-state index is 0.0287. The zero-order valence-electron chi connectivity index (χ0n) is 19.9. The van der Waals surface area contributed by atoms with Crippen LogP contribution in [0.1, 0.15) is 41.6 Å². The van der Waals surface area contributed by atoms with Gasteiger partial charge in [-0.05, 0) is 50.7 Å². The summed E-state index contributed by atoms with van der Waals surface area (Å²) in [5.74, 6) is 1.02. The summed E-state index contributed by atoms with van der Waals surface area (Å²) in [6.07, 6.45) is 4.00. The molecule has 1 aliphatic carbocycles. The highest BCUT2D eigenvalue weighted by Gasteiger charge is 2.23. The molecule has 0 bridgehead atoms. The second-order valence-corrected chi connectivity index (χ2v) is 9.27. The minimum atomic E-state index is -0.452. The second-order valence-electron chi connectivity index (χ2n) is 9.27. The molecule has 0 aliphatic heterocycles. The summed E-state index contributed by atoms with van der Waals surface area (Å²) in [6, 6.07) is 15.2. The van der Waals surface area contributed by atoms with Crippen molar-refractivity contribution in [3.05, 3.63) is 69.8 Å². The van der Waals surface area contributed by atoms with E-state index in [-0.39, 0.29) is 11.6 Å². The topological polar surface area (TPSA) is 100 Å². The average molecular weight is 462 g/mol. The number of pyridine rings is 1. The number of hydrogen-bond acceptors (Lipinski definition) is 6. The van der Waals surface area contributed by atoms with Gasteiger partial charge in [-0.25, -0.2) is 4.98 Å². The number of nitro benzene ring substituents is 1. The number of benzene rings is 2. The molecule has 0 saturated heterocycles. The zero-order chi connectivity index (χ0) is 24.2. The van der Waals surface area contributed by atoms with Crippen molar-refractivity contribution >= 4 is 34.0 Å². The van der Waals surface area contributed by atoms with Gasteiger partial charge in [0.25, 0.3) is 11.6 Å². The number of nitrogens with zero attached hydrogens (tertiary/aromatic N) is 3. The molecule has 1 aromatic heterocycles. The van der Waals surface area contributed by atoms with Gasteiger partial charge in [0.05, 0.1) is 10.4 Å². The molecule has 8 nitrogen and oxygen atoms in total. The fraction of sp³-hybridized carbons (Fsp3) is 0.385. The molecule has 1 amide bonds. The van der Waals surface area contributed by atoms with Crippen LogP contribution in [-0.2, 0) is 0 Å². The molecular formula is C26H31N5O3. The van der Waals surface area contributed by atoms with Crippen LogP contribution in [0.2, 0.25) is 0 Å². The fourth-order valence-electron chi connectivity index (χ4n) is 4.61. The highest BCUT2D eigenvalue weighted by molar-refractivity contribution is 5.95. The van der Waals surface area contributed by atoms with E-state index in [9.17, 15) is 14.9 Å². The minimum Gasteiger partial charge on any atom is -0.377 e. The Morgan fingerprint density at radius 3 is 2.56 bits per heavy atom. The number of anilines is 2. The lowest BCUT2D eigenvalue weighted by Crippen LogP contribution is -2.34. The number of carbonyl (C=O) groups excluding carboxylic acids is 1. The predicted molar refractivity (Wildman–Crippen MR) is 136 cm³/mol. The number of carbonyl (C=O) groups is 1. The largest absolute Gasteiger partial charge is 0.377 e. The number of nitro groups is 1. The molecular weight excluding hydrogens is 430 g/mol. The van der Waals surface area contributed by atoms with Crippen molar-refractivity contribution in [2.45, 2.75) is 38.6 Å². The summed E-state index contributed by atoms with van der Waals surface area (Å²) in [7, 11) is 4.08. The average Bonchev–Trinajstić information content (AvgIpc) is 2.83. The Kier molecular flexibility index (Phi) is 6.95. The first-order valence-electron chi connectivity index (χ1n) is 11.7. The number of fused-ring (bicyclic) bond motifs is 1. The van der Waals surface area contributed by atoms with Gasteiger partial charge in [0.15, 0.2) is 0 Å². The Hall–Kier alpha value is -3.68. The third kappa shape index (κ3) is 5.27. The van der Waals surface area contributed by atoms with Crippen molar-refractivity contribution in [2.75, 3.05) is 30.9 Å². The maximum atomic E-state index is 12.5. The summed E-state index contributed by atoms with van der Waals surface area (Å²) in [5.41, 5.74) is 2.96. The zero-order valence-corrected chi connectivity index (χ0v) is 19.9. The van der Waals surface area contributed by atoms with Crippen LogP contribution in [0.25, 0.3) is 10.9 Å². The first-order valence-corrected chi connectivity index (χ1v) is 11.7. The predicted octanol–water partition coefficient (Wildman–Crippen LogP) is 4.92. The van der Waals surface area contributed by atoms with E-state index in [1.165, 1.54) is 6.07 Å². The maximum absolute atomic E-state index is 12.5. The van der Waals surface area contributed by atoms with E-state index in [4.69, 9.17) is 4.98 Å². The molecule has 1 aliphatic rings. The SMILES string of the molecule is Cc1ccc(C(=O)NCC2CCC(Nc3cc(N(C)C)c4ccccc4n3)CC2)cc1[N+](=O)[O-]. The van der Waals surface area contributed by atoms with E-state index >= 15 is 0 Å². The number of nitrogens with one attached hydrogen (secondary N) is 2. The normalized spacial score (nSPS) is 17.9. The molecule has 0 radical (unpaired) electrons. The van der Waals surface area contributed by atoms with Crippen molar-refractivity contribution in [3.63, 3.8) is 0 Å². The van der Waals surface area contributed by atoms with E-state index < -0.39 is 4.92 Å². The van der Waals surface area contributed by atoms with Gasteiger partial charge >= 0.3 is 0 Å². The van der Waals surface area contributed by atoms with Crippen molar-refractivity contribution in [1.82, 2.24) is 10.3 Å². The van der Waals surface area contributed by atoms with Crippen molar-refractivity contribution in [1.29, 1.82) is 0 Å². The monoisotopic (exact) mass is 461 g/mol. The Labute approximate surface area is 199 Å². The van der Waals surface area contributed by atoms with Gasteiger partial charge in [0, 0.05) is 61.0 Å². The van der Waals surface area contributed by atoms with Crippen LogP contribution in [0.15, 0.2) is 48.5 Å². The highest BCUT2D eigenvalue weighted by atomic mass is 16.6. The number of hydrogen-bond donors (Lipinski definition) is 2. The van der Waals surface area contributed by atoms with Crippen LogP contribution in [0.3, 0.4) is 0 Å². The van der Waals surface area contributed by atoms with Crippen molar-refractivity contribution in [3.8, 4) is 0 Å². The first-order chi connectivity index (χ1) is 16.3. The fourth-order valence-corrected chi connectivity index (χ4v) is 4.61. The Morgan fingerprint density at radius 2 is 1.85 bits per heavy atom. The van der Waals surface area contributed by atoms with Gasteiger partial charge in [-0.1, -0.05) is 24.3 Å². The Balaban J connectivity index is 1.31. The standard InChI is InChI=1S/C26H31N5O3/c1-17-8-11-19(14-23(17)31(33)34)26(32)27-16-18-9-12-20(13-10-18)28-25-15-24(30(2)3)21-6-4-5-7-22(21)29-25/h4-8,11,14-15,18,20H,9-10,12-13,16H2,1-3H3,(H,27,32)(H,28,29). The maximum Gasteiger partial charge on any atom is 0.273 e.